The van der Waals surface area contributed by atoms with Gasteiger partial charge in [-0.1, -0.05) is 18.2 Å². The molecular weight excluding hydrogens is 324 g/mol. The van der Waals surface area contributed by atoms with Gasteiger partial charge in [-0.25, -0.2) is 4.68 Å². The van der Waals surface area contributed by atoms with Gasteiger partial charge in [0, 0.05) is 12.6 Å². The van der Waals surface area contributed by atoms with Crippen LogP contribution in [0, 0.1) is 4.77 Å². The average Bonchev–Trinajstić information content (AvgIpc) is 3.38. The van der Waals surface area contributed by atoms with Gasteiger partial charge in [-0.05, 0) is 50.2 Å². The highest BCUT2D eigenvalue weighted by atomic mass is 32.1. The molecule has 0 aliphatic heterocycles. The van der Waals surface area contributed by atoms with E-state index in [1.54, 1.807) is 11.8 Å². The molecule has 1 aromatic carbocycles. The lowest BCUT2D eigenvalue weighted by molar-refractivity contribution is 0.245. The van der Waals surface area contributed by atoms with E-state index in [2.05, 4.69) is 16.1 Å². The molecule has 1 fully saturated rings. The lowest BCUT2D eigenvalue weighted by Crippen LogP contribution is -2.25. The molecule has 0 atom stereocenters. The molecule has 1 aliphatic carbocycles. The van der Waals surface area contributed by atoms with E-state index in [4.69, 9.17) is 17.0 Å². The van der Waals surface area contributed by atoms with Crippen LogP contribution in [0.25, 0.3) is 0 Å². The monoisotopic (exact) mass is 348 g/mol. The van der Waals surface area contributed by atoms with Crippen molar-refractivity contribution in [2.45, 2.75) is 38.6 Å². The highest BCUT2D eigenvalue weighted by Gasteiger charge is 2.28. The first kappa shape index (κ1) is 17.1. The Kier molecular flexibility index (Phi) is 5.33. The molecule has 1 aromatic heterocycles. The van der Waals surface area contributed by atoms with E-state index in [-0.39, 0.29) is 6.61 Å². The molecule has 0 bridgehead atoms. The summed E-state index contributed by atoms with van der Waals surface area (Å²) in [5.41, 5.74) is 1.19. The molecule has 6 nitrogen and oxygen atoms in total. The van der Waals surface area contributed by atoms with Crippen molar-refractivity contribution in [3.63, 3.8) is 0 Å². The summed E-state index contributed by atoms with van der Waals surface area (Å²) in [6.07, 6.45) is 3.14. The zero-order chi connectivity index (χ0) is 17.1. The molecule has 24 heavy (non-hydrogen) atoms. The fraction of sp³-hybridized carbons (Fsp3) is 0.529. The van der Waals surface area contributed by atoms with E-state index < -0.39 is 0 Å². The van der Waals surface area contributed by atoms with Gasteiger partial charge in [-0.15, -0.1) is 0 Å². The minimum absolute atomic E-state index is 0.0714. The molecule has 0 unspecified atom stereocenters. The van der Waals surface area contributed by atoms with Crippen LogP contribution in [0.4, 0.5) is 0 Å². The van der Waals surface area contributed by atoms with Crippen molar-refractivity contribution in [2.24, 2.45) is 0 Å². The molecule has 1 aliphatic rings. The lowest BCUT2D eigenvalue weighted by Gasteiger charge is -2.17. The zero-order valence-corrected chi connectivity index (χ0v) is 15.0. The first-order valence-electron chi connectivity index (χ1n) is 8.23. The normalized spacial score (nSPS) is 14.3. The minimum atomic E-state index is -0.0714. The van der Waals surface area contributed by atoms with Crippen molar-refractivity contribution >= 4 is 12.2 Å². The van der Waals surface area contributed by atoms with E-state index in [0.717, 1.165) is 31.6 Å². The third-order valence-corrected chi connectivity index (χ3v) is 4.73. The van der Waals surface area contributed by atoms with E-state index in [1.165, 1.54) is 5.56 Å². The van der Waals surface area contributed by atoms with Gasteiger partial charge in [0.1, 0.15) is 12.4 Å². The van der Waals surface area contributed by atoms with Crippen LogP contribution >= 0.6 is 12.2 Å². The Morgan fingerprint density at radius 3 is 2.79 bits per heavy atom. The van der Waals surface area contributed by atoms with Crippen LogP contribution in [-0.2, 0) is 19.7 Å². The Labute approximate surface area is 147 Å². The van der Waals surface area contributed by atoms with E-state index in [1.807, 2.05) is 29.8 Å². The summed E-state index contributed by atoms with van der Waals surface area (Å²) >= 11 is 5.54. The fourth-order valence-corrected chi connectivity index (χ4v) is 3.24. The van der Waals surface area contributed by atoms with E-state index >= 15 is 0 Å². The van der Waals surface area contributed by atoms with Crippen LogP contribution in [-0.4, -0.2) is 45.1 Å². The van der Waals surface area contributed by atoms with Gasteiger partial charge in [0.25, 0.3) is 0 Å². The number of aliphatic hydroxyl groups is 1. The highest BCUT2D eigenvalue weighted by molar-refractivity contribution is 7.71. The molecule has 1 saturated carbocycles. The van der Waals surface area contributed by atoms with E-state index in [0.29, 0.717) is 23.3 Å². The summed E-state index contributed by atoms with van der Waals surface area (Å²) in [5.74, 6) is 1.59. The predicted octanol–water partition coefficient (Wildman–Crippen LogP) is 2.38. The number of rotatable bonds is 8. The van der Waals surface area contributed by atoms with Gasteiger partial charge < -0.3 is 9.84 Å². The molecule has 2 aromatic rings. The molecule has 0 saturated heterocycles. The van der Waals surface area contributed by atoms with Gasteiger partial charge in [-0.3, -0.25) is 9.47 Å². The molecule has 0 spiro atoms. The number of aromatic nitrogens is 3. The van der Waals surface area contributed by atoms with Crippen LogP contribution in [0.2, 0.25) is 0 Å². The van der Waals surface area contributed by atoms with E-state index in [9.17, 15) is 5.11 Å². The second kappa shape index (κ2) is 7.46. The van der Waals surface area contributed by atoms with Crippen molar-refractivity contribution < 1.29 is 9.84 Å². The van der Waals surface area contributed by atoms with Crippen LogP contribution in [0.1, 0.15) is 30.3 Å². The van der Waals surface area contributed by atoms with Crippen molar-refractivity contribution in [3.8, 4) is 5.75 Å². The van der Waals surface area contributed by atoms with Gasteiger partial charge >= 0.3 is 0 Å². The molecule has 0 amide bonds. The molecule has 0 radical (unpaired) electrons. The largest absolute Gasteiger partial charge is 0.496 e. The van der Waals surface area contributed by atoms with Crippen molar-refractivity contribution in [1.82, 2.24) is 19.2 Å². The van der Waals surface area contributed by atoms with Crippen LogP contribution in [0.3, 0.4) is 0 Å². The lowest BCUT2D eigenvalue weighted by atomic mass is 10.1. The maximum Gasteiger partial charge on any atom is 0.199 e. The van der Waals surface area contributed by atoms with Crippen molar-refractivity contribution in [2.75, 3.05) is 20.7 Å². The topological polar surface area (TPSA) is 55.4 Å². The van der Waals surface area contributed by atoms with Crippen molar-refractivity contribution in [3.05, 3.63) is 40.4 Å². The Morgan fingerprint density at radius 1 is 1.38 bits per heavy atom. The van der Waals surface area contributed by atoms with Gasteiger partial charge in [0.15, 0.2) is 10.6 Å². The standard InChI is InChI=1S/C17H24N4O2S/c1-19(10-9-13-5-3-4-6-15(13)23-2)12-20-17(24)21(14-7-8-14)16(11-22)18-20/h3-6,14,22H,7-12H2,1-2H3. The first-order chi connectivity index (χ1) is 11.6. The molecule has 3 rings (SSSR count). The summed E-state index contributed by atoms with van der Waals surface area (Å²) in [4.78, 5) is 2.17. The summed E-state index contributed by atoms with van der Waals surface area (Å²) in [5, 5.41) is 14.0. The van der Waals surface area contributed by atoms with Gasteiger partial charge in [0.05, 0.1) is 13.8 Å². The second-order valence-corrected chi connectivity index (χ2v) is 6.61. The number of hydrogen-bond acceptors (Lipinski definition) is 5. The number of likely N-dealkylation sites (N-methyl/N-ethyl adjacent to an activating group) is 1. The Hall–Kier alpha value is -1.70. The quantitative estimate of drug-likeness (QED) is 0.743. The number of aliphatic hydroxyl groups excluding tert-OH is 1. The first-order valence-corrected chi connectivity index (χ1v) is 8.64. The highest BCUT2D eigenvalue weighted by Crippen LogP contribution is 2.36. The number of para-hydroxylation sites is 1. The number of nitrogens with zero attached hydrogens (tertiary/aromatic N) is 4. The molecule has 1 heterocycles. The maximum atomic E-state index is 9.51. The molecule has 7 heteroatoms. The van der Waals surface area contributed by atoms with Crippen molar-refractivity contribution in [1.29, 1.82) is 0 Å². The Morgan fingerprint density at radius 2 is 2.12 bits per heavy atom. The number of hydrogen-bond donors (Lipinski definition) is 1. The predicted molar refractivity (Wildman–Crippen MR) is 94.6 cm³/mol. The third kappa shape index (κ3) is 3.68. The molecular formula is C17H24N4O2S. The number of ether oxygens (including phenoxy) is 1. The summed E-state index contributed by atoms with van der Waals surface area (Å²) < 4.78 is 9.91. The summed E-state index contributed by atoms with van der Waals surface area (Å²) in [6.45, 7) is 1.41. The molecule has 130 valence electrons. The van der Waals surface area contributed by atoms with Gasteiger partial charge in [0.2, 0.25) is 0 Å². The number of benzene rings is 1. The van der Waals surface area contributed by atoms with Crippen LogP contribution < -0.4 is 4.74 Å². The van der Waals surface area contributed by atoms with Crippen LogP contribution in [0.5, 0.6) is 5.75 Å². The Bertz CT molecular complexity index is 751. The van der Waals surface area contributed by atoms with Gasteiger partial charge in [-0.2, -0.15) is 5.10 Å². The SMILES string of the molecule is COc1ccccc1CCN(C)Cn1nc(CO)n(C2CC2)c1=S. The molecule has 1 N–H and O–H groups in total. The summed E-state index contributed by atoms with van der Waals surface area (Å²) in [6, 6.07) is 8.50. The second-order valence-electron chi connectivity index (χ2n) is 6.24. The number of methoxy groups -OCH3 is 1. The van der Waals surface area contributed by atoms with Crippen LogP contribution in [0.15, 0.2) is 24.3 Å². The minimum Gasteiger partial charge on any atom is -0.496 e. The smallest absolute Gasteiger partial charge is 0.199 e. The Balaban J connectivity index is 1.65. The fourth-order valence-electron chi connectivity index (χ4n) is 2.88. The zero-order valence-electron chi connectivity index (χ0n) is 14.2. The summed E-state index contributed by atoms with van der Waals surface area (Å²) in [7, 11) is 3.74. The maximum absolute atomic E-state index is 9.51. The average molecular weight is 348 g/mol. The third-order valence-electron chi connectivity index (χ3n) is 4.33.